The minimum atomic E-state index is -0.0198. The highest BCUT2D eigenvalue weighted by Gasteiger charge is 2.43. The van der Waals surface area contributed by atoms with Gasteiger partial charge in [0.25, 0.3) is 0 Å². The van der Waals surface area contributed by atoms with Crippen LogP contribution in [0.4, 0.5) is 0 Å². The first-order valence-electron chi connectivity index (χ1n) is 7.73. The summed E-state index contributed by atoms with van der Waals surface area (Å²) >= 11 is 0. The summed E-state index contributed by atoms with van der Waals surface area (Å²) in [6.45, 7) is 7.38. The van der Waals surface area contributed by atoms with E-state index in [0.29, 0.717) is 5.92 Å². The maximum absolute atomic E-state index is 12.6. The van der Waals surface area contributed by atoms with Crippen LogP contribution in [0, 0.1) is 18.8 Å². The fourth-order valence-electron chi connectivity index (χ4n) is 3.22. The minimum absolute atomic E-state index is 0.0198. The van der Waals surface area contributed by atoms with Crippen LogP contribution >= 0.6 is 0 Å². The van der Waals surface area contributed by atoms with E-state index in [4.69, 9.17) is 0 Å². The fraction of sp³-hybridized carbons (Fsp3) is 0.588. The van der Waals surface area contributed by atoms with Gasteiger partial charge in [0.15, 0.2) is 0 Å². The second kappa shape index (κ2) is 5.21. The van der Waals surface area contributed by atoms with Crippen molar-refractivity contribution in [3.05, 3.63) is 35.4 Å². The van der Waals surface area contributed by atoms with E-state index in [1.807, 2.05) is 0 Å². The lowest BCUT2D eigenvalue weighted by molar-refractivity contribution is -0.130. The largest absolute Gasteiger partial charge is 0.321 e. The van der Waals surface area contributed by atoms with Crippen molar-refractivity contribution in [3.63, 3.8) is 0 Å². The normalized spacial score (nSPS) is 32.8. The molecule has 4 unspecified atom stereocenters. The summed E-state index contributed by atoms with van der Waals surface area (Å²) in [6.07, 6.45) is 2.18. The zero-order valence-corrected chi connectivity index (χ0v) is 12.6. The summed E-state index contributed by atoms with van der Waals surface area (Å²) in [6, 6.07) is 8.36. The highest BCUT2D eigenvalue weighted by atomic mass is 16.2. The Morgan fingerprint density at radius 3 is 2.65 bits per heavy atom. The molecule has 1 N–H and O–H groups in total. The van der Waals surface area contributed by atoms with E-state index in [2.05, 4.69) is 55.3 Å². The molecule has 0 spiro atoms. The molecule has 1 saturated heterocycles. The third-order valence-corrected chi connectivity index (χ3v) is 4.85. The summed E-state index contributed by atoms with van der Waals surface area (Å²) in [5, 5.41) is 3.52. The molecule has 0 aromatic heterocycles. The fourth-order valence-corrected chi connectivity index (χ4v) is 3.22. The standard InChI is InChI=1S/C17H24N2O/c1-4-15-17(20)19(10-13-9-12(13)3)16(18-15)14-8-6-5-7-11(14)2/h5-8,12-13,15-16,18H,4,9-10H2,1-3H3. The van der Waals surface area contributed by atoms with Gasteiger partial charge < -0.3 is 4.90 Å². The Morgan fingerprint density at radius 2 is 2.05 bits per heavy atom. The predicted molar refractivity (Wildman–Crippen MR) is 80.1 cm³/mol. The molecule has 0 bridgehead atoms. The van der Waals surface area contributed by atoms with Gasteiger partial charge in [-0.2, -0.15) is 0 Å². The summed E-state index contributed by atoms with van der Waals surface area (Å²) in [5.41, 5.74) is 2.49. The van der Waals surface area contributed by atoms with Gasteiger partial charge in [0.1, 0.15) is 6.17 Å². The lowest BCUT2D eigenvalue weighted by Crippen LogP contribution is -2.33. The molecule has 1 aliphatic carbocycles. The molecule has 3 rings (SSSR count). The lowest BCUT2D eigenvalue weighted by atomic mass is 10.1. The Labute approximate surface area is 121 Å². The Balaban J connectivity index is 1.86. The minimum Gasteiger partial charge on any atom is -0.321 e. The van der Waals surface area contributed by atoms with Crippen LogP contribution in [0.25, 0.3) is 0 Å². The first kappa shape index (κ1) is 13.6. The van der Waals surface area contributed by atoms with Crippen molar-refractivity contribution in [2.24, 2.45) is 11.8 Å². The number of carbonyl (C=O) groups is 1. The summed E-state index contributed by atoms with van der Waals surface area (Å²) in [7, 11) is 0. The van der Waals surface area contributed by atoms with E-state index in [0.717, 1.165) is 18.9 Å². The van der Waals surface area contributed by atoms with Gasteiger partial charge in [-0.25, -0.2) is 0 Å². The van der Waals surface area contributed by atoms with Gasteiger partial charge in [-0.15, -0.1) is 0 Å². The average molecular weight is 272 g/mol. The van der Waals surface area contributed by atoms with Crippen LogP contribution in [0.3, 0.4) is 0 Å². The molecule has 2 fully saturated rings. The van der Waals surface area contributed by atoms with E-state index < -0.39 is 0 Å². The molecule has 1 aromatic carbocycles. The zero-order chi connectivity index (χ0) is 14.3. The van der Waals surface area contributed by atoms with Crippen LogP contribution in [0.2, 0.25) is 0 Å². The maximum atomic E-state index is 12.6. The number of amides is 1. The number of aryl methyl sites for hydroxylation is 1. The second-order valence-electron chi connectivity index (χ2n) is 6.35. The van der Waals surface area contributed by atoms with Crippen LogP contribution in [0.1, 0.15) is 44.0 Å². The molecule has 1 amide bonds. The third kappa shape index (κ3) is 2.35. The molecule has 1 saturated carbocycles. The Kier molecular flexibility index (Phi) is 3.55. The number of hydrogen-bond donors (Lipinski definition) is 1. The van der Waals surface area contributed by atoms with E-state index in [-0.39, 0.29) is 18.1 Å². The summed E-state index contributed by atoms with van der Waals surface area (Å²) in [5.74, 6) is 1.75. The van der Waals surface area contributed by atoms with Crippen molar-refractivity contribution in [2.45, 2.75) is 45.8 Å². The molecule has 0 radical (unpaired) electrons. The predicted octanol–water partition coefficient (Wildman–Crippen LogP) is 2.86. The second-order valence-corrected chi connectivity index (χ2v) is 6.35. The van der Waals surface area contributed by atoms with E-state index in [9.17, 15) is 4.79 Å². The van der Waals surface area contributed by atoms with Crippen molar-refractivity contribution in [1.29, 1.82) is 0 Å². The van der Waals surface area contributed by atoms with E-state index in [1.165, 1.54) is 17.5 Å². The van der Waals surface area contributed by atoms with Gasteiger partial charge in [-0.1, -0.05) is 38.1 Å². The smallest absolute Gasteiger partial charge is 0.241 e. The molecule has 108 valence electrons. The quantitative estimate of drug-likeness (QED) is 0.914. The van der Waals surface area contributed by atoms with E-state index >= 15 is 0 Å². The van der Waals surface area contributed by atoms with Crippen molar-refractivity contribution in [2.75, 3.05) is 6.54 Å². The number of benzene rings is 1. The molecule has 3 heteroatoms. The van der Waals surface area contributed by atoms with Crippen LogP contribution in [-0.2, 0) is 4.79 Å². The number of rotatable bonds is 4. The highest BCUT2D eigenvalue weighted by molar-refractivity contribution is 5.84. The van der Waals surface area contributed by atoms with E-state index in [1.54, 1.807) is 0 Å². The zero-order valence-electron chi connectivity index (χ0n) is 12.6. The SMILES string of the molecule is CCC1NC(c2ccccc2C)N(CC2CC2C)C1=O. The number of nitrogens with one attached hydrogen (secondary N) is 1. The van der Waals surface area contributed by atoms with Crippen LogP contribution in [0.15, 0.2) is 24.3 Å². The molecule has 1 aliphatic heterocycles. The number of nitrogens with zero attached hydrogens (tertiary/aromatic N) is 1. The third-order valence-electron chi connectivity index (χ3n) is 4.85. The Hall–Kier alpha value is -1.35. The van der Waals surface area contributed by atoms with Gasteiger partial charge in [0, 0.05) is 6.54 Å². The monoisotopic (exact) mass is 272 g/mol. The van der Waals surface area contributed by atoms with Crippen LogP contribution in [-0.4, -0.2) is 23.4 Å². The van der Waals surface area contributed by atoms with Gasteiger partial charge in [0.05, 0.1) is 6.04 Å². The first-order chi connectivity index (χ1) is 9.61. The average Bonchev–Trinajstić information content (AvgIpc) is 3.04. The Morgan fingerprint density at radius 1 is 1.35 bits per heavy atom. The molecular formula is C17H24N2O. The topological polar surface area (TPSA) is 32.3 Å². The first-order valence-corrected chi connectivity index (χ1v) is 7.73. The van der Waals surface area contributed by atoms with Gasteiger partial charge in [-0.05, 0) is 42.7 Å². The Bertz CT molecular complexity index is 513. The maximum Gasteiger partial charge on any atom is 0.241 e. The highest BCUT2D eigenvalue weighted by Crippen LogP contribution is 2.41. The summed E-state index contributed by atoms with van der Waals surface area (Å²) < 4.78 is 0. The molecule has 1 heterocycles. The molecule has 4 atom stereocenters. The summed E-state index contributed by atoms with van der Waals surface area (Å²) in [4.78, 5) is 14.6. The molecular weight excluding hydrogens is 248 g/mol. The van der Waals surface area contributed by atoms with Crippen molar-refractivity contribution in [1.82, 2.24) is 10.2 Å². The van der Waals surface area contributed by atoms with Crippen LogP contribution in [0.5, 0.6) is 0 Å². The lowest BCUT2D eigenvalue weighted by Gasteiger charge is -2.26. The van der Waals surface area contributed by atoms with Gasteiger partial charge in [0.2, 0.25) is 5.91 Å². The number of hydrogen-bond acceptors (Lipinski definition) is 2. The molecule has 3 nitrogen and oxygen atoms in total. The molecule has 2 aliphatic rings. The van der Waals surface area contributed by atoms with Crippen molar-refractivity contribution in [3.8, 4) is 0 Å². The molecule has 1 aromatic rings. The van der Waals surface area contributed by atoms with Crippen LogP contribution < -0.4 is 5.32 Å². The van der Waals surface area contributed by atoms with Crippen molar-refractivity contribution < 1.29 is 4.79 Å². The van der Waals surface area contributed by atoms with Crippen molar-refractivity contribution >= 4 is 5.91 Å². The van der Waals surface area contributed by atoms with Gasteiger partial charge in [-0.3, -0.25) is 10.1 Å². The number of carbonyl (C=O) groups excluding carboxylic acids is 1. The molecule has 20 heavy (non-hydrogen) atoms. The van der Waals surface area contributed by atoms with Gasteiger partial charge >= 0.3 is 0 Å².